The highest BCUT2D eigenvalue weighted by Crippen LogP contribution is 2.13. The van der Waals surface area contributed by atoms with Crippen molar-refractivity contribution in [1.29, 1.82) is 0 Å². The van der Waals surface area contributed by atoms with Gasteiger partial charge in [-0.25, -0.2) is 9.97 Å². The maximum Gasteiger partial charge on any atom is 0.173 e. The van der Waals surface area contributed by atoms with Crippen molar-refractivity contribution in [2.45, 2.75) is 26.7 Å². The maximum absolute atomic E-state index is 8.83. The highest BCUT2D eigenvalue weighted by Gasteiger charge is 2.15. The van der Waals surface area contributed by atoms with Crippen LogP contribution in [0.5, 0.6) is 0 Å². The van der Waals surface area contributed by atoms with Gasteiger partial charge in [-0.1, -0.05) is 19.0 Å². The molecule has 100 valence electrons. The van der Waals surface area contributed by atoms with Gasteiger partial charge in [-0.2, -0.15) is 4.68 Å². The normalized spacial score (nSPS) is 11.8. The number of rotatable bonds is 4. The number of hydrogen-bond donors (Lipinski definition) is 2. The SMILES string of the molecule is CCc1nc(CC)n(-c2ncccc2C(N)=NO)n1. The molecule has 7 heteroatoms. The van der Waals surface area contributed by atoms with Gasteiger partial charge in [-0.05, 0) is 12.1 Å². The molecule has 0 unspecified atom stereocenters. The van der Waals surface area contributed by atoms with Crippen molar-refractivity contribution in [3.63, 3.8) is 0 Å². The van der Waals surface area contributed by atoms with Gasteiger partial charge in [0.1, 0.15) is 5.82 Å². The second kappa shape index (κ2) is 5.47. The molecule has 3 N–H and O–H groups in total. The highest BCUT2D eigenvalue weighted by atomic mass is 16.4. The fourth-order valence-electron chi connectivity index (χ4n) is 1.76. The van der Waals surface area contributed by atoms with Crippen LogP contribution < -0.4 is 5.73 Å². The second-order valence-electron chi connectivity index (χ2n) is 3.92. The predicted molar refractivity (Wildman–Crippen MR) is 70.4 cm³/mol. The van der Waals surface area contributed by atoms with E-state index < -0.39 is 0 Å². The third-order valence-electron chi connectivity index (χ3n) is 2.72. The van der Waals surface area contributed by atoms with Crippen molar-refractivity contribution in [2.75, 3.05) is 0 Å². The molecular weight excluding hydrogens is 244 g/mol. The van der Waals surface area contributed by atoms with Crippen molar-refractivity contribution in [2.24, 2.45) is 10.9 Å². The first kappa shape index (κ1) is 13.0. The molecule has 0 radical (unpaired) electrons. The van der Waals surface area contributed by atoms with Crippen LogP contribution >= 0.6 is 0 Å². The van der Waals surface area contributed by atoms with E-state index in [9.17, 15) is 0 Å². The Morgan fingerprint density at radius 1 is 1.42 bits per heavy atom. The number of aromatic nitrogens is 4. The molecule has 2 rings (SSSR count). The van der Waals surface area contributed by atoms with Gasteiger partial charge in [0.2, 0.25) is 0 Å². The Kier molecular flexibility index (Phi) is 3.74. The minimum absolute atomic E-state index is 0.00120. The van der Waals surface area contributed by atoms with Crippen molar-refractivity contribution < 1.29 is 5.21 Å². The number of pyridine rings is 1. The van der Waals surface area contributed by atoms with E-state index in [1.807, 2.05) is 13.8 Å². The molecule has 2 aromatic rings. The monoisotopic (exact) mass is 260 g/mol. The average molecular weight is 260 g/mol. The molecule has 0 aliphatic heterocycles. The number of nitrogens with two attached hydrogens (primary N) is 1. The summed E-state index contributed by atoms with van der Waals surface area (Å²) in [5.74, 6) is 2.05. The standard InChI is InChI=1S/C12H16N6O/c1-3-9-15-10(4-2)18(16-9)12-8(11(13)17-19)6-5-7-14-12/h5-7,19H,3-4H2,1-2H3,(H2,13,17). The molecule has 0 aliphatic rings. The summed E-state index contributed by atoms with van der Waals surface area (Å²) in [4.78, 5) is 8.68. The lowest BCUT2D eigenvalue weighted by Gasteiger charge is -2.08. The summed E-state index contributed by atoms with van der Waals surface area (Å²) in [7, 11) is 0. The lowest BCUT2D eigenvalue weighted by molar-refractivity contribution is 0.318. The minimum Gasteiger partial charge on any atom is -0.409 e. The molecule has 0 amide bonds. The summed E-state index contributed by atoms with van der Waals surface area (Å²) in [6.45, 7) is 3.98. The quantitative estimate of drug-likeness (QED) is 0.368. The molecule has 0 atom stereocenters. The second-order valence-corrected chi connectivity index (χ2v) is 3.92. The molecule has 2 heterocycles. The Morgan fingerprint density at radius 3 is 2.84 bits per heavy atom. The smallest absolute Gasteiger partial charge is 0.173 e. The summed E-state index contributed by atoms with van der Waals surface area (Å²) < 4.78 is 1.65. The summed E-state index contributed by atoms with van der Waals surface area (Å²) in [6.07, 6.45) is 3.10. The van der Waals surface area contributed by atoms with E-state index in [0.717, 1.165) is 24.5 Å². The van der Waals surface area contributed by atoms with Crippen LogP contribution in [0.4, 0.5) is 0 Å². The first-order valence-electron chi connectivity index (χ1n) is 6.09. The number of hydrogen-bond acceptors (Lipinski definition) is 5. The first-order valence-corrected chi connectivity index (χ1v) is 6.09. The molecule has 0 fully saturated rings. The molecule has 0 aromatic carbocycles. The molecule has 2 aromatic heterocycles. The van der Waals surface area contributed by atoms with Crippen LogP contribution in [0.3, 0.4) is 0 Å². The minimum atomic E-state index is -0.00120. The molecule has 0 bridgehead atoms. The van der Waals surface area contributed by atoms with E-state index in [1.54, 1.807) is 23.0 Å². The Labute approximate surface area is 110 Å². The highest BCUT2D eigenvalue weighted by molar-refractivity contribution is 5.99. The average Bonchev–Trinajstić information content (AvgIpc) is 2.89. The van der Waals surface area contributed by atoms with Crippen molar-refractivity contribution in [3.05, 3.63) is 35.5 Å². The molecule has 0 spiro atoms. The van der Waals surface area contributed by atoms with Crippen LogP contribution in [-0.4, -0.2) is 30.8 Å². The van der Waals surface area contributed by atoms with E-state index in [0.29, 0.717) is 11.4 Å². The lowest BCUT2D eigenvalue weighted by atomic mass is 10.2. The van der Waals surface area contributed by atoms with Gasteiger partial charge >= 0.3 is 0 Å². The van der Waals surface area contributed by atoms with Crippen LogP contribution in [0.2, 0.25) is 0 Å². The Balaban J connectivity index is 2.61. The predicted octanol–water partition coefficient (Wildman–Crippen LogP) is 0.882. The summed E-state index contributed by atoms with van der Waals surface area (Å²) in [5, 5.41) is 16.2. The van der Waals surface area contributed by atoms with Crippen LogP contribution in [0.15, 0.2) is 23.5 Å². The Bertz CT molecular complexity index is 604. The third-order valence-corrected chi connectivity index (χ3v) is 2.72. The zero-order chi connectivity index (χ0) is 13.8. The zero-order valence-electron chi connectivity index (χ0n) is 10.9. The summed E-state index contributed by atoms with van der Waals surface area (Å²) in [5.41, 5.74) is 6.18. The fraction of sp³-hybridized carbons (Fsp3) is 0.333. The zero-order valence-corrected chi connectivity index (χ0v) is 10.9. The van der Waals surface area contributed by atoms with Crippen molar-refractivity contribution in [3.8, 4) is 5.82 Å². The van der Waals surface area contributed by atoms with Crippen LogP contribution in [0.1, 0.15) is 31.1 Å². The third kappa shape index (κ3) is 2.40. The number of nitrogens with zero attached hydrogens (tertiary/aromatic N) is 5. The van der Waals surface area contributed by atoms with Gasteiger partial charge in [0.15, 0.2) is 17.5 Å². The largest absolute Gasteiger partial charge is 0.409 e. The molecule has 7 nitrogen and oxygen atoms in total. The van der Waals surface area contributed by atoms with Gasteiger partial charge < -0.3 is 10.9 Å². The van der Waals surface area contributed by atoms with E-state index in [1.165, 1.54) is 0 Å². The van der Waals surface area contributed by atoms with Crippen LogP contribution in [0, 0.1) is 0 Å². The maximum atomic E-state index is 8.83. The van der Waals surface area contributed by atoms with Gasteiger partial charge in [-0.3, -0.25) is 0 Å². The molecule has 0 aliphatic carbocycles. The molecule has 0 saturated carbocycles. The summed E-state index contributed by atoms with van der Waals surface area (Å²) in [6, 6.07) is 3.45. The van der Waals surface area contributed by atoms with E-state index in [2.05, 4.69) is 20.2 Å². The molecule has 19 heavy (non-hydrogen) atoms. The number of amidine groups is 1. The fourth-order valence-corrected chi connectivity index (χ4v) is 1.76. The van der Waals surface area contributed by atoms with Crippen molar-refractivity contribution in [1.82, 2.24) is 19.7 Å². The first-order chi connectivity index (χ1) is 9.21. The number of oxime groups is 1. The van der Waals surface area contributed by atoms with Crippen molar-refractivity contribution >= 4 is 5.84 Å². The lowest BCUT2D eigenvalue weighted by Crippen LogP contribution is -2.18. The van der Waals surface area contributed by atoms with E-state index >= 15 is 0 Å². The molecular formula is C12H16N6O. The van der Waals surface area contributed by atoms with Gasteiger partial charge in [0.05, 0.1) is 5.56 Å². The van der Waals surface area contributed by atoms with Gasteiger partial charge in [0.25, 0.3) is 0 Å². The van der Waals surface area contributed by atoms with Crippen LogP contribution in [0.25, 0.3) is 5.82 Å². The molecule has 0 saturated heterocycles. The van der Waals surface area contributed by atoms with Crippen LogP contribution in [-0.2, 0) is 12.8 Å². The van der Waals surface area contributed by atoms with E-state index in [4.69, 9.17) is 10.9 Å². The van der Waals surface area contributed by atoms with Gasteiger partial charge in [0, 0.05) is 19.0 Å². The number of aryl methyl sites for hydroxylation is 2. The van der Waals surface area contributed by atoms with Gasteiger partial charge in [-0.15, -0.1) is 5.10 Å². The van der Waals surface area contributed by atoms with E-state index in [-0.39, 0.29) is 5.84 Å². The Morgan fingerprint density at radius 2 is 2.21 bits per heavy atom. The Hall–Kier alpha value is -2.44. The topological polar surface area (TPSA) is 102 Å². The summed E-state index contributed by atoms with van der Waals surface area (Å²) >= 11 is 0.